The van der Waals surface area contributed by atoms with Crippen molar-refractivity contribution >= 4 is 46.9 Å². The van der Waals surface area contributed by atoms with Crippen molar-refractivity contribution in [1.82, 2.24) is 5.43 Å². The number of halogens is 1. The molecule has 0 aliphatic carbocycles. The topological polar surface area (TPSA) is 118 Å². The maximum Gasteiger partial charge on any atom is 0.329 e. The molecule has 0 unspecified atom stereocenters. The molecule has 10 heteroatoms. The molecule has 0 aliphatic rings. The average Bonchev–Trinajstić information content (AvgIpc) is 2.92. The normalized spacial score (nSPS) is 10.5. The Hall–Kier alpha value is -4.63. The molecule has 38 heavy (non-hydrogen) atoms. The number of hydrogen-bond acceptors (Lipinski definition) is 6. The number of nitrogens with one attached hydrogen (secondary N) is 3. The Bertz CT molecular complexity index is 1310. The van der Waals surface area contributed by atoms with Crippen LogP contribution in [0.1, 0.15) is 18.1 Å². The van der Waals surface area contributed by atoms with Crippen molar-refractivity contribution in [1.29, 1.82) is 0 Å². The highest BCUT2D eigenvalue weighted by Crippen LogP contribution is 2.22. The first-order valence-corrected chi connectivity index (χ1v) is 12.0. The monoisotopic (exact) mass is 534 g/mol. The summed E-state index contributed by atoms with van der Waals surface area (Å²) in [6, 6.07) is 18.7. The van der Waals surface area contributed by atoms with Gasteiger partial charge in [0.25, 0.3) is 5.91 Å². The number of carbonyl (C=O) groups is 3. The number of hydrazone groups is 1. The SMILES string of the molecule is C=CCOc1ccc(NC(=O)C(=O)N/N=C\c2cc(Cl)ccc2OCC(=O)Nc2ccc(CC)cc2)cc1. The number of rotatable bonds is 11. The van der Waals surface area contributed by atoms with Gasteiger partial charge in [-0.1, -0.05) is 43.3 Å². The predicted octanol–water partition coefficient (Wildman–Crippen LogP) is 4.57. The summed E-state index contributed by atoms with van der Waals surface area (Å²) in [5.41, 5.74) is 4.78. The van der Waals surface area contributed by atoms with Gasteiger partial charge in [-0.3, -0.25) is 14.4 Å². The molecule has 0 radical (unpaired) electrons. The second kappa shape index (κ2) is 14.2. The largest absolute Gasteiger partial charge is 0.490 e. The number of anilines is 2. The van der Waals surface area contributed by atoms with E-state index in [0.717, 1.165) is 12.0 Å². The van der Waals surface area contributed by atoms with Gasteiger partial charge in [-0.25, -0.2) is 5.43 Å². The molecule has 0 bridgehead atoms. The number of benzene rings is 3. The fourth-order valence-electron chi connectivity index (χ4n) is 3.10. The molecule has 0 atom stereocenters. The third-order valence-electron chi connectivity index (χ3n) is 5.03. The van der Waals surface area contributed by atoms with Crippen LogP contribution in [-0.2, 0) is 20.8 Å². The van der Waals surface area contributed by atoms with Gasteiger partial charge in [0, 0.05) is 22.0 Å². The van der Waals surface area contributed by atoms with Gasteiger partial charge in [-0.2, -0.15) is 5.10 Å². The molecule has 3 aromatic carbocycles. The summed E-state index contributed by atoms with van der Waals surface area (Å²) in [5, 5.41) is 9.43. The summed E-state index contributed by atoms with van der Waals surface area (Å²) in [6.45, 7) is 5.72. The van der Waals surface area contributed by atoms with Crippen molar-refractivity contribution in [2.45, 2.75) is 13.3 Å². The number of aryl methyl sites for hydroxylation is 1. The van der Waals surface area contributed by atoms with E-state index in [1.54, 1.807) is 48.5 Å². The second-order valence-electron chi connectivity index (χ2n) is 7.85. The lowest BCUT2D eigenvalue weighted by Gasteiger charge is -2.10. The zero-order valence-corrected chi connectivity index (χ0v) is 21.5. The minimum Gasteiger partial charge on any atom is -0.490 e. The molecule has 0 heterocycles. The number of hydrogen-bond donors (Lipinski definition) is 3. The molecule has 0 aromatic heterocycles. The van der Waals surface area contributed by atoms with E-state index in [1.807, 2.05) is 24.3 Å². The quantitative estimate of drug-likeness (QED) is 0.144. The van der Waals surface area contributed by atoms with Crippen LogP contribution in [0.15, 0.2) is 84.5 Å². The van der Waals surface area contributed by atoms with Crippen LogP contribution >= 0.6 is 11.6 Å². The molecule has 196 valence electrons. The van der Waals surface area contributed by atoms with Gasteiger partial charge in [-0.15, -0.1) is 0 Å². The van der Waals surface area contributed by atoms with Crippen molar-refractivity contribution in [3.05, 3.63) is 95.5 Å². The highest BCUT2D eigenvalue weighted by molar-refractivity contribution is 6.39. The van der Waals surface area contributed by atoms with Crippen molar-refractivity contribution < 1.29 is 23.9 Å². The molecule has 9 nitrogen and oxygen atoms in total. The Morgan fingerprint density at radius 1 is 0.921 bits per heavy atom. The van der Waals surface area contributed by atoms with E-state index in [-0.39, 0.29) is 12.5 Å². The standard InChI is InChI=1S/C28H27ClN4O5/c1-3-15-37-24-12-10-23(11-13-24)32-27(35)28(36)33-30-17-20-16-21(29)7-14-25(20)38-18-26(34)31-22-8-5-19(4-2)6-9-22/h3,5-14,16-17H,1,4,15,18H2,2H3,(H,31,34)(H,32,35)(H,33,36)/b30-17-. The highest BCUT2D eigenvalue weighted by atomic mass is 35.5. The van der Waals surface area contributed by atoms with Crippen LogP contribution in [0, 0.1) is 0 Å². The summed E-state index contributed by atoms with van der Waals surface area (Å²) < 4.78 is 11.0. The molecule has 3 amide bonds. The van der Waals surface area contributed by atoms with Crippen LogP contribution in [0.25, 0.3) is 0 Å². The zero-order valence-electron chi connectivity index (χ0n) is 20.7. The van der Waals surface area contributed by atoms with Gasteiger partial charge in [0.05, 0.1) is 6.21 Å². The Labute approximate surface area is 225 Å². The van der Waals surface area contributed by atoms with Crippen LogP contribution < -0.4 is 25.5 Å². The second-order valence-corrected chi connectivity index (χ2v) is 8.28. The van der Waals surface area contributed by atoms with Gasteiger partial charge in [0.15, 0.2) is 6.61 Å². The first kappa shape index (κ1) is 27.9. The smallest absolute Gasteiger partial charge is 0.329 e. The molecule has 0 aliphatic heterocycles. The summed E-state index contributed by atoms with van der Waals surface area (Å²) in [4.78, 5) is 36.6. The number of nitrogens with zero attached hydrogens (tertiary/aromatic N) is 1. The first-order valence-electron chi connectivity index (χ1n) is 11.7. The maximum atomic E-state index is 12.3. The van der Waals surface area contributed by atoms with E-state index in [1.165, 1.54) is 6.21 Å². The maximum absolute atomic E-state index is 12.3. The van der Waals surface area contributed by atoms with Crippen LogP contribution in [0.5, 0.6) is 11.5 Å². The van der Waals surface area contributed by atoms with E-state index < -0.39 is 11.8 Å². The molecule has 3 N–H and O–H groups in total. The van der Waals surface area contributed by atoms with E-state index >= 15 is 0 Å². The Kier molecular flexibility index (Phi) is 10.4. The van der Waals surface area contributed by atoms with Gasteiger partial charge in [0.2, 0.25) is 0 Å². The van der Waals surface area contributed by atoms with E-state index in [4.69, 9.17) is 21.1 Å². The number of carbonyl (C=O) groups excluding carboxylic acids is 3. The number of amides is 3. The van der Waals surface area contributed by atoms with Gasteiger partial charge in [0.1, 0.15) is 18.1 Å². The fraction of sp³-hybridized carbons (Fsp3) is 0.143. The van der Waals surface area contributed by atoms with Gasteiger partial charge < -0.3 is 20.1 Å². The average molecular weight is 535 g/mol. The Morgan fingerprint density at radius 2 is 1.61 bits per heavy atom. The van der Waals surface area contributed by atoms with E-state index in [0.29, 0.717) is 40.1 Å². The summed E-state index contributed by atoms with van der Waals surface area (Å²) in [6.07, 6.45) is 3.78. The third-order valence-corrected chi connectivity index (χ3v) is 5.27. The minimum absolute atomic E-state index is 0.260. The zero-order chi connectivity index (χ0) is 27.3. The summed E-state index contributed by atoms with van der Waals surface area (Å²) in [7, 11) is 0. The van der Waals surface area contributed by atoms with Crippen molar-refractivity contribution in [3.8, 4) is 11.5 Å². The molecule has 3 aromatic rings. The molecule has 0 saturated carbocycles. The summed E-state index contributed by atoms with van der Waals surface area (Å²) in [5.74, 6) is -1.33. The Morgan fingerprint density at radius 3 is 2.29 bits per heavy atom. The van der Waals surface area contributed by atoms with E-state index in [9.17, 15) is 14.4 Å². The van der Waals surface area contributed by atoms with E-state index in [2.05, 4.69) is 34.7 Å². The molecule has 3 rings (SSSR count). The van der Waals surface area contributed by atoms with Gasteiger partial charge >= 0.3 is 11.8 Å². The lowest BCUT2D eigenvalue weighted by Crippen LogP contribution is -2.32. The van der Waals surface area contributed by atoms with Crippen LogP contribution in [0.3, 0.4) is 0 Å². The van der Waals surface area contributed by atoms with Crippen molar-refractivity contribution in [3.63, 3.8) is 0 Å². The first-order chi connectivity index (χ1) is 18.4. The Balaban J connectivity index is 1.53. The number of ether oxygens (including phenoxy) is 2. The predicted molar refractivity (Wildman–Crippen MR) is 148 cm³/mol. The lowest BCUT2D eigenvalue weighted by molar-refractivity contribution is -0.136. The molecule has 0 fully saturated rings. The molecular formula is C28H27ClN4O5. The van der Waals surface area contributed by atoms with Crippen molar-refractivity contribution in [2.75, 3.05) is 23.8 Å². The minimum atomic E-state index is -0.980. The molecule has 0 saturated heterocycles. The molecular weight excluding hydrogens is 508 g/mol. The van der Waals surface area contributed by atoms with Crippen LogP contribution in [0.2, 0.25) is 5.02 Å². The lowest BCUT2D eigenvalue weighted by atomic mass is 10.1. The van der Waals surface area contributed by atoms with Crippen molar-refractivity contribution in [2.24, 2.45) is 5.10 Å². The van der Waals surface area contributed by atoms with Gasteiger partial charge in [-0.05, 0) is 66.6 Å². The fourth-order valence-corrected chi connectivity index (χ4v) is 3.29. The highest BCUT2D eigenvalue weighted by Gasteiger charge is 2.13. The summed E-state index contributed by atoms with van der Waals surface area (Å²) >= 11 is 6.07. The van der Waals surface area contributed by atoms with Crippen LogP contribution in [-0.4, -0.2) is 37.1 Å². The molecule has 0 spiro atoms. The van der Waals surface area contributed by atoms with Crippen LogP contribution in [0.4, 0.5) is 11.4 Å². The third kappa shape index (κ3) is 8.79.